The van der Waals surface area contributed by atoms with Crippen LogP contribution in [0.5, 0.6) is 0 Å². The van der Waals surface area contributed by atoms with E-state index >= 15 is 0 Å². The molecule has 6 heteroatoms. The predicted octanol–water partition coefficient (Wildman–Crippen LogP) is 1.75. The van der Waals surface area contributed by atoms with Gasteiger partial charge in [-0.15, -0.1) is 0 Å². The Kier molecular flexibility index (Phi) is 3.80. The summed E-state index contributed by atoms with van der Waals surface area (Å²) in [6.45, 7) is 0.539. The molecule has 0 aromatic carbocycles. The third-order valence-electron chi connectivity index (χ3n) is 1.84. The number of ether oxygens (including phenoxy) is 1. The van der Waals surface area contributed by atoms with E-state index in [0.717, 1.165) is 12.8 Å². The molecule has 0 spiro atoms. The van der Waals surface area contributed by atoms with Crippen LogP contribution < -0.4 is 0 Å². The molecule has 1 atom stereocenters. The second-order valence-electron chi connectivity index (χ2n) is 2.64. The highest BCUT2D eigenvalue weighted by Crippen LogP contribution is 2.20. The number of thioether (sulfide) groups is 1. The number of rotatable bonds is 1. The molecule has 1 heterocycles. The Morgan fingerprint density at radius 2 is 2.46 bits per heavy atom. The molecule has 0 aromatic rings. The Hall–Kier alpha value is -0.490. The molecule has 0 saturated carbocycles. The largest absolute Gasteiger partial charge is 0.465 e. The molecular weight excluding hydrogens is 210 g/mol. The minimum atomic E-state index is -0.939. The van der Waals surface area contributed by atoms with Gasteiger partial charge in [-0.1, -0.05) is 11.8 Å². The summed E-state index contributed by atoms with van der Waals surface area (Å²) in [7, 11) is 0. The summed E-state index contributed by atoms with van der Waals surface area (Å²) >= 11 is 6.17. The zero-order valence-corrected chi connectivity index (χ0v) is 8.86. The Morgan fingerprint density at radius 1 is 1.77 bits per heavy atom. The summed E-state index contributed by atoms with van der Waals surface area (Å²) in [4.78, 5) is 12.0. The topological polar surface area (TPSA) is 49.8 Å². The lowest BCUT2D eigenvalue weighted by atomic mass is 10.4. The van der Waals surface area contributed by atoms with Gasteiger partial charge in [0, 0.05) is 13.0 Å². The van der Waals surface area contributed by atoms with Crippen LogP contribution in [0.1, 0.15) is 12.8 Å². The molecule has 1 N–H and O–H groups in total. The molecule has 0 aromatic heterocycles. The lowest BCUT2D eigenvalue weighted by Crippen LogP contribution is -2.36. The summed E-state index contributed by atoms with van der Waals surface area (Å²) in [5.74, 6) is 0. The molecule has 4 nitrogen and oxygen atoms in total. The van der Waals surface area contributed by atoms with E-state index in [2.05, 4.69) is 0 Å². The van der Waals surface area contributed by atoms with E-state index in [-0.39, 0.29) is 6.23 Å². The van der Waals surface area contributed by atoms with E-state index in [0.29, 0.717) is 10.9 Å². The van der Waals surface area contributed by atoms with Crippen LogP contribution in [0, 0.1) is 0 Å². The van der Waals surface area contributed by atoms with Gasteiger partial charge in [-0.2, -0.15) is 0 Å². The second kappa shape index (κ2) is 4.66. The van der Waals surface area contributed by atoms with Gasteiger partial charge in [0.05, 0.1) is 0 Å². The van der Waals surface area contributed by atoms with Gasteiger partial charge >= 0.3 is 6.09 Å². The minimum absolute atomic E-state index is 0.377. The van der Waals surface area contributed by atoms with Crippen LogP contribution in [-0.4, -0.2) is 39.5 Å². The monoisotopic (exact) mass is 221 g/mol. The van der Waals surface area contributed by atoms with E-state index in [4.69, 9.17) is 22.1 Å². The van der Waals surface area contributed by atoms with Crippen molar-refractivity contribution >= 4 is 34.5 Å². The average molecular weight is 221 g/mol. The van der Waals surface area contributed by atoms with Crippen LogP contribution >= 0.6 is 24.0 Å². The molecule has 1 aliphatic heterocycles. The van der Waals surface area contributed by atoms with Gasteiger partial charge < -0.3 is 9.84 Å². The summed E-state index contributed by atoms with van der Waals surface area (Å²) in [5.41, 5.74) is 0. The summed E-state index contributed by atoms with van der Waals surface area (Å²) in [6, 6.07) is 0. The highest BCUT2D eigenvalue weighted by molar-refractivity contribution is 8.22. The molecule has 1 fully saturated rings. The molecule has 1 rings (SSSR count). The highest BCUT2D eigenvalue weighted by atomic mass is 32.2. The Labute approximate surface area is 86.2 Å². The molecule has 1 amide bonds. The minimum Gasteiger partial charge on any atom is -0.465 e. The maximum Gasteiger partial charge on any atom is 0.410 e. The maximum atomic E-state index is 10.7. The molecule has 13 heavy (non-hydrogen) atoms. The number of thiocarbonyl (C=S) groups is 1. The number of carboxylic acid groups (broad SMARTS) is 1. The summed E-state index contributed by atoms with van der Waals surface area (Å²) in [6.07, 6.45) is 2.06. The molecule has 0 radical (unpaired) electrons. The van der Waals surface area contributed by atoms with Crippen molar-refractivity contribution in [1.82, 2.24) is 4.90 Å². The normalized spacial score (nSPS) is 21.6. The van der Waals surface area contributed by atoms with Crippen molar-refractivity contribution in [1.29, 1.82) is 0 Å². The lowest BCUT2D eigenvalue weighted by molar-refractivity contribution is 0.0554. The third kappa shape index (κ3) is 2.73. The van der Waals surface area contributed by atoms with Crippen molar-refractivity contribution in [2.24, 2.45) is 0 Å². The predicted molar refractivity (Wildman–Crippen MR) is 55.0 cm³/mol. The number of nitrogens with zero attached hydrogens (tertiary/aromatic N) is 1. The Bertz CT molecular complexity index is 222. The van der Waals surface area contributed by atoms with Crippen LogP contribution in [0.4, 0.5) is 4.79 Å². The molecule has 74 valence electrons. The van der Waals surface area contributed by atoms with Gasteiger partial charge in [-0.05, 0) is 24.9 Å². The first-order valence-corrected chi connectivity index (χ1v) is 5.52. The van der Waals surface area contributed by atoms with Crippen molar-refractivity contribution in [3.63, 3.8) is 0 Å². The van der Waals surface area contributed by atoms with Gasteiger partial charge in [0.2, 0.25) is 4.38 Å². The van der Waals surface area contributed by atoms with E-state index in [1.165, 1.54) is 16.7 Å². The zero-order valence-electron chi connectivity index (χ0n) is 7.23. The fraction of sp³-hybridized carbons (Fsp3) is 0.714. The van der Waals surface area contributed by atoms with Crippen molar-refractivity contribution < 1.29 is 14.6 Å². The van der Waals surface area contributed by atoms with E-state index < -0.39 is 6.09 Å². The van der Waals surface area contributed by atoms with E-state index in [1.807, 2.05) is 6.26 Å². The third-order valence-corrected chi connectivity index (χ3v) is 2.87. The zero-order chi connectivity index (χ0) is 9.84. The van der Waals surface area contributed by atoms with Crippen molar-refractivity contribution in [3.05, 3.63) is 0 Å². The van der Waals surface area contributed by atoms with Crippen molar-refractivity contribution in [3.8, 4) is 0 Å². The summed E-state index contributed by atoms with van der Waals surface area (Å²) < 4.78 is 5.67. The van der Waals surface area contributed by atoms with Gasteiger partial charge in [-0.3, -0.25) is 4.90 Å². The molecule has 0 bridgehead atoms. The van der Waals surface area contributed by atoms with E-state index in [1.54, 1.807) is 0 Å². The molecular formula is C7H11NO3S2. The van der Waals surface area contributed by atoms with E-state index in [9.17, 15) is 4.79 Å². The Balaban J connectivity index is 2.48. The number of carbonyl (C=O) groups is 1. The first kappa shape index (κ1) is 10.6. The fourth-order valence-corrected chi connectivity index (χ4v) is 1.56. The number of likely N-dealkylation sites (tertiary alicyclic amines) is 1. The smallest absolute Gasteiger partial charge is 0.410 e. The van der Waals surface area contributed by atoms with Crippen LogP contribution in [0.15, 0.2) is 0 Å². The van der Waals surface area contributed by atoms with Crippen LogP contribution in [0.25, 0.3) is 0 Å². The highest BCUT2D eigenvalue weighted by Gasteiger charge is 2.30. The first-order chi connectivity index (χ1) is 6.15. The Morgan fingerprint density at radius 3 is 3.00 bits per heavy atom. The van der Waals surface area contributed by atoms with Crippen molar-refractivity contribution in [2.45, 2.75) is 19.1 Å². The van der Waals surface area contributed by atoms with Crippen molar-refractivity contribution in [2.75, 3.05) is 12.8 Å². The first-order valence-electron chi connectivity index (χ1n) is 3.89. The molecule has 1 aliphatic rings. The number of amides is 1. The lowest BCUT2D eigenvalue weighted by Gasteiger charge is -2.21. The quantitative estimate of drug-likeness (QED) is 0.684. The molecule has 0 aliphatic carbocycles. The van der Waals surface area contributed by atoms with Crippen LogP contribution in [0.2, 0.25) is 0 Å². The average Bonchev–Trinajstić information content (AvgIpc) is 2.52. The fourth-order valence-electron chi connectivity index (χ4n) is 1.24. The maximum absolute atomic E-state index is 10.7. The van der Waals surface area contributed by atoms with Crippen LogP contribution in [-0.2, 0) is 4.74 Å². The SMILES string of the molecule is CSC(=S)OC1CCCN1C(=O)O. The summed E-state index contributed by atoms with van der Waals surface area (Å²) in [5, 5.41) is 8.77. The standard InChI is InChI=1S/C7H11NO3S2/c1-13-7(12)11-5-3-2-4-8(5)6(9)10/h5H,2-4H2,1H3,(H,9,10). The van der Waals surface area contributed by atoms with Gasteiger partial charge in [-0.25, -0.2) is 4.79 Å². The molecule has 1 unspecified atom stereocenters. The van der Waals surface area contributed by atoms with Gasteiger partial charge in [0.25, 0.3) is 0 Å². The number of hydrogen-bond acceptors (Lipinski definition) is 4. The number of hydrogen-bond donors (Lipinski definition) is 1. The van der Waals surface area contributed by atoms with Crippen LogP contribution in [0.3, 0.4) is 0 Å². The van der Waals surface area contributed by atoms with Gasteiger partial charge in [0.15, 0.2) is 6.23 Å². The molecule has 1 saturated heterocycles. The van der Waals surface area contributed by atoms with Gasteiger partial charge in [0.1, 0.15) is 0 Å². The second-order valence-corrected chi connectivity index (χ2v) is 4.05.